The molecule has 2 aromatic heterocycles. The van der Waals surface area contributed by atoms with Gasteiger partial charge in [0.25, 0.3) is 0 Å². The van der Waals surface area contributed by atoms with Crippen LogP contribution < -0.4 is 0 Å². The Kier molecular flexibility index (Phi) is 4.37. The third-order valence-corrected chi connectivity index (χ3v) is 8.98. The monoisotopic (exact) mass is 382 g/mol. The van der Waals surface area contributed by atoms with Gasteiger partial charge in [-0.25, -0.2) is 0 Å². The van der Waals surface area contributed by atoms with Crippen molar-refractivity contribution in [3.63, 3.8) is 0 Å². The number of carbonyl (C=O) groups is 1. The van der Waals surface area contributed by atoms with Crippen LogP contribution in [0.25, 0.3) is 20.4 Å². The molecule has 0 aliphatic carbocycles. The summed E-state index contributed by atoms with van der Waals surface area (Å²) in [7, 11) is 0.101. The lowest BCUT2D eigenvalue weighted by Crippen LogP contribution is -2.00. The third kappa shape index (κ3) is 2.85. The van der Waals surface area contributed by atoms with Crippen molar-refractivity contribution in [3.05, 3.63) is 58.5 Å². The Labute approximate surface area is 158 Å². The van der Waals surface area contributed by atoms with Gasteiger partial charge >= 0.3 is 0 Å². The fraction of sp³-hybridized carbons (Fsp3) is 0.286. The molecule has 4 aromatic rings. The SMILES string of the molecule is CC(C)[s+]1cnc2cc(C(=O)c3ccc4c(c3)nc[s+]4C(C)C)ccc21. The van der Waals surface area contributed by atoms with E-state index in [4.69, 9.17) is 0 Å². The first kappa shape index (κ1) is 17.3. The number of aromatic nitrogens is 2. The standard InChI is InChI=1S/C21H22N2OS2/c1-13(2)25-11-22-17-9-15(5-7-19(17)25)21(24)16-6-8-20-18(10-16)23-12-26(20)14(3)4/h5-14H,1-4H3/q+2. The van der Waals surface area contributed by atoms with Crippen LogP contribution in [0, 0.1) is 0 Å². The van der Waals surface area contributed by atoms with Crippen molar-refractivity contribution in [2.75, 3.05) is 0 Å². The molecule has 3 nitrogen and oxygen atoms in total. The van der Waals surface area contributed by atoms with Gasteiger partial charge in [0.15, 0.2) is 5.78 Å². The van der Waals surface area contributed by atoms with E-state index in [2.05, 4.69) is 49.8 Å². The predicted octanol–water partition coefficient (Wildman–Crippen LogP) is 6.67. The molecule has 0 radical (unpaired) electrons. The number of ketones is 1. The van der Waals surface area contributed by atoms with Gasteiger partial charge in [-0.3, -0.25) is 4.79 Å². The van der Waals surface area contributed by atoms with Gasteiger partial charge in [-0.05, 0) is 52.0 Å². The molecular weight excluding hydrogens is 360 g/mol. The zero-order valence-corrected chi connectivity index (χ0v) is 17.0. The molecular formula is C21H22N2OS2+2. The first-order valence-corrected chi connectivity index (χ1v) is 11.5. The van der Waals surface area contributed by atoms with E-state index < -0.39 is 0 Å². The van der Waals surface area contributed by atoms with Crippen LogP contribution in [0.3, 0.4) is 0 Å². The van der Waals surface area contributed by atoms with E-state index in [1.165, 1.54) is 9.40 Å². The topological polar surface area (TPSA) is 42.9 Å². The molecule has 0 N–H and O–H groups in total. The summed E-state index contributed by atoms with van der Waals surface area (Å²) in [5.74, 6) is 0.0358. The van der Waals surface area contributed by atoms with E-state index >= 15 is 0 Å². The molecule has 132 valence electrons. The van der Waals surface area contributed by atoms with Crippen molar-refractivity contribution in [3.8, 4) is 0 Å². The van der Waals surface area contributed by atoms with E-state index in [9.17, 15) is 4.79 Å². The highest BCUT2D eigenvalue weighted by Gasteiger charge is 2.21. The van der Waals surface area contributed by atoms with Crippen LogP contribution in [-0.2, 0) is 0 Å². The van der Waals surface area contributed by atoms with E-state index in [0.717, 1.165) is 11.0 Å². The quantitative estimate of drug-likeness (QED) is 0.292. The minimum atomic E-state index is 0.0358. The second-order valence-corrected chi connectivity index (χ2v) is 11.7. The Morgan fingerprint density at radius 1 is 0.769 bits per heavy atom. The van der Waals surface area contributed by atoms with Gasteiger partial charge in [0.05, 0.1) is 0 Å². The Morgan fingerprint density at radius 2 is 1.19 bits per heavy atom. The summed E-state index contributed by atoms with van der Waals surface area (Å²) in [6.45, 7) is 8.83. The van der Waals surface area contributed by atoms with Gasteiger partial charge in [-0.2, -0.15) is 9.97 Å². The molecule has 0 spiro atoms. The van der Waals surface area contributed by atoms with Crippen molar-refractivity contribution >= 4 is 47.2 Å². The zero-order valence-electron chi connectivity index (χ0n) is 15.4. The first-order valence-electron chi connectivity index (χ1n) is 8.80. The number of rotatable bonds is 4. The normalized spacial score (nSPS) is 13.3. The van der Waals surface area contributed by atoms with Gasteiger partial charge < -0.3 is 0 Å². The van der Waals surface area contributed by atoms with Gasteiger partial charge in [-0.1, -0.05) is 0 Å². The summed E-state index contributed by atoms with van der Waals surface area (Å²) >= 11 is 0. The average Bonchev–Trinajstić information content (AvgIpc) is 3.23. The van der Waals surface area contributed by atoms with Crippen molar-refractivity contribution in [1.82, 2.24) is 9.97 Å². The number of carbonyl (C=O) groups excluding carboxylic acids is 1. The maximum atomic E-state index is 13.0. The third-order valence-electron chi connectivity index (χ3n) is 4.58. The molecule has 26 heavy (non-hydrogen) atoms. The molecule has 5 heteroatoms. The molecule has 0 amide bonds. The summed E-state index contributed by atoms with van der Waals surface area (Å²) in [4.78, 5) is 22.1. The molecule has 0 bridgehead atoms. The molecule has 4 rings (SSSR count). The summed E-state index contributed by atoms with van der Waals surface area (Å²) in [5, 5.41) is 1.07. The van der Waals surface area contributed by atoms with Crippen LogP contribution in [0.2, 0.25) is 0 Å². The van der Waals surface area contributed by atoms with Gasteiger partial charge in [0, 0.05) is 44.2 Å². The molecule has 0 aliphatic heterocycles. The van der Waals surface area contributed by atoms with E-state index in [-0.39, 0.29) is 26.7 Å². The highest BCUT2D eigenvalue weighted by atomic mass is 32.2. The fourth-order valence-corrected chi connectivity index (χ4v) is 6.52. The van der Waals surface area contributed by atoms with Crippen LogP contribution in [0.15, 0.2) is 47.4 Å². The smallest absolute Gasteiger partial charge is 0.230 e. The Bertz CT molecular complexity index is 1030. The highest BCUT2D eigenvalue weighted by Crippen LogP contribution is 2.39. The summed E-state index contributed by atoms with van der Waals surface area (Å²) in [6.07, 6.45) is 0. The largest absolute Gasteiger partial charge is 0.289 e. The lowest BCUT2D eigenvalue weighted by atomic mass is 10.0. The minimum absolute atomic E-state index is 0.0358. The first-order chi connectivity index (χ1) is 12.5. The summed E-state index contributed by atoms with van der Waals surface area (Å²) in [5.41, 5.74) is 7.32. The van der Waals surface area contributed by atoms with Crippen molar-refractivity contribution in [2.45, 2.75) is 38.2 Å². The van der Waals surface area contributed by atoms with Crippen LogP contribution in [0.1, 0.15) is 54.1 Å². The molecule has 0 saturated heterocycles. The number of hydrogen-bond donors (Lipinski definition) is 0. The fourth-order valence-electron chi connectivity index (χ4n) is 3.18. The number of thiazole rings is 2. The number of hydrogen-bond acceptors (Lipinski definition) is 3. The van der Waals surface area contributed by atoms with Crippen LogP contribution in [0.5, 0.6) is 0 Å². The lowest BCUT2D eigenvalue weighted by molar-refractivity contribution is 0.103. The average molecular weight is 383 g/mol. The molecule has 2 unspecified atom stereocenters. The minimum Gasteiger partial charge on any atom is -0.289 e. The molecule has 0 saturated carbocycles. The Hall–Kier alpha value is -2.11. The summed E-state index contributed by atoms with van der Waals surface area (Å²) in [6, 6.07) is 11.9. The lowest BCUT2D eigenvalue weighted by Gasteiger charge is -2.01. The predicted molar refractivity (Wildman–Crippen MR) is 113 cm³/mol. The van der Waals surface area contributed by atoms with Crippen LogP contribution in [0.4, 0.5) is 0 Å². The van der Waals surface area contributed by atoms with E-state index in [1.54, 1.807) is 0 Å². The summed E-state index contributed by atoms with van der Waals surface area (Å²) < 4.78 is 2.49. The van der Waals surface area contributed by atoms with Gasteiger partial charge in [-0.15, -0.1) is 0 Å². The highest BCUT2D eigenvalue weighted by molar-refractivity contribution is 7.36. The Morgan fingerprint density at radius 3 is 1.58 bits per heavy atom. The second kappa shape index (κ2) is 6.56. The Balaban J connectivity index is 1.73. The zero-order chi connectivity index (χ0) is 18.4. The molecule has 2 atom stereocenters. The number of nitrogens with zero attached hydrogens (tertiary/aromatic N) is 2. The number of fused-ring (bicyclic) bond motifs is 2. The maximum absolute atomic E-state index is 13.0. The second-order valence-electron chi connectivity index (χ2n) is 7.00. The molecule has 0 fully saturated rings. The van der Waals surface area contributed by atoms with Gasteiger partial charge in [0.1, 0.15) is 21.5 Å². The molecule has 2 aromatic carbocycles. The van der Waals surface area contributed by atoms with Crippen LogP contribution in [-0.4, -0.2) is 15.8 Å². The maximum Gasteiger partial charge on any atom is 0.230 e. The van der Waals surface area contributed by atoms with Crippen molar-refractivity contribution in [2.24, 2.45) is 0 Å². The number of benzene rings is 2. The van der Waals surface area contributed by atoms with Gasteiger partial charge in [0.2, 0.25) is 20.4 Å². The van der Waals surface area contributed by atoms with Crippen molar-refractivity contribution < 1.29 is 4.79 Å². The van der Waals surface area contributed by atoms with Crippen molar-refractivity contribution in [1.29, 1.82) is 0 Å². The van der Waals surface area contributed by atoms with Crippen LogP contribution >= 0.6 is 20.9 Å². The molecule has 0 aliphatic rings. The molecule has 2 heterocycles. The van der Waals surface area contributed by atoms with E-state index in [0.29, 0.717) is 21.6 Å². The van der Waals surface area contributed by atoms with E-state index in [1.807, 2.05) is 35.3 Å².